The van der Waals surface area contributed by atoms with Crippen molar-refractivity contribution in [1.82, 2.24) is 9.97 Å². The van der Waals surface area contributed by atoms with Crippen molar-refractivity contribution in [3.8, 4) is 17.0 Å². The van der Waals surface area contributed by atoms with Gasteiger partial charge >= 0.3 is 0 Å². The van der Waals surface area contributed by atoms with Crippen molar-refractivity contribution in [1.29, 1.82) is 0 Å². The molecule has 2 aromatic carbocycles. The van der Waals surface area contributed by atoms with E-state index in [1.54, 1.807) is 12.3 Å². The summed E-state index contributed by atoms with van der Waals surface area (Å²) in [4.78, 5) is 20.7. The molecule has 4 rings (SSSR count). The van der Waals surface area contributed by atoms with Crippen molar-refractivity contribution in [2.24, 2.45) is 0 Å². The van der Waals surface area contributed by atoms with Crippen LogP contribution in [-0.4, -0.2) is 15.9 Å². The van der Waals surface area contributed by atoms with Crippen LogP contribution in [0.4, 0.5) is 10.3 Å². The largest absolute Gasteiger partial charge is 0.488 e. The first-order chi connectivity index (χ1) is 11.7. The van der Waals surface area contributed by atoms with Crippen molar-refractivity contribution in [2.75, 3.05) is 5.32 Å². The molecule has 2 heterocycles. The minimum absolute atomic E-state index is 0.0532. The van der Waals surface area contributed by atoms with Crippen LogP contribution in [0.15, 0.2) is 54.7 Å². The summed E-state index contributed by atoms with van der Waals surface area (Å²) in [6.45, 7) is 0.369. The van der Waals surface area contributed by atoms with Gasteiger partial charge in [-0.1, -0.05) is 24.3 Å². The molecular formula is C18H12FN3O2. The molecule has 0 spiro atoms. The smallest absolute Gasteiger partial charge is 0.260 e. The minimum Gasteiger partial charge on any atom is -0.488 e. The number of amides is 1. The number of fused-ring (bicyclic) bond motifs is 3. The maximum Gasteiger partial charge on any atom is 0.260 e. The van der Waals surface area contributed by atoms with Crippen molar-refractivity contribution in [3.63, 3.8) is 0 Å². The van der Waals surface area contributed by atoms with E-state index in [1.807, 2.05) is 24.3 Å². The Morgan fingerprint density at radius 3 is 2.79 bits per heavy atom. The van der Waals surface area contributed by atoms with Gasteiger partial charge in [0.15, 0.2) is 0 Å². The van der Waals surface area contributed by atoms with E-state index in [0.717, 1.165) is 16.9 Å². The number of ether oxygens (including phenoxy) is 1. The van der Waals surface area contributed by atoms with Gasteiger partial charge in [-0.25, -0.2) is 14.4 Å². The molecule has 0 bridgehead atoms. The summed E-state index contributed by atoms with van der Waals surface area (Å²) in [5.74, 6) is -0.325. The number of nitrogens with zero attached hydrogens (tertiary/aromatic N) is 2. The fourth-order valence-corrected chi connectivity index (χ4v) is 2.56. The number of rotatable bonds is 2. The molecule has 118 valence electrons. The summed E-state index contributed by atoms with van der Waals surface area (Å²) in [5.41, 5.74) is 2.32. The first-order valence-corrected chi connectivity index (χ1v) is 7.36. The summed E-state index contributed by atoms with van der Waals surface area (Å²) < 4.78 is 19.3. The molecule has 0 unspecified atom stereocenters. The normalized spacial score (nSPS) is 11.9. The lowest BCUT2D eigenvalue weighted by molar-refractivity contribution is 0.102. The third kappa shape index (κ3) is 2.48. The van der Waals surface area contributed by atoms with Crippen molar-refractivity contribution in [2.45, 2.75) is 6.61 Å². The molecule has 0 fully saturated rings. The zero-order chi connectivity index (χ0) is 16.5. The third-order valence-corrected chi connectivity index (χ3v) is 3.73. The van der Waals surface area contributed by atoms with Crippen LogP contribution in [0, 0.1) is 5.82 Å². The number of aromatic nitrogens is 2. The highest BCUT2D eigenvalue weighted by Gasteiger charge is 2.20. The summed E-state index contributed by atoms with van der Waals surface area (Å²) in [6, 6.07) is 13.3. The molecule has 1 aliphatic heterocycles. The van der Waals surface area contributed by atoms with Gasteiger partial charge in [-0.2, -0.15) is 0 Å². The Kier molecular flexibility index (Phi) is 3.42. The van der Waals surface area contributed by atoms with Gasteiger partial charge in [-0.15, -0.1) is 0 Å². The lowest BCUT2D eigenvalue weighted by Gasteiger charge is -2.19. The van der Waals surface area contributed by atoms with Gasteiger partial charge in [0, 0.05) is 17.3 Å². The Bertz CT molecular complexity index is 943. The fourth-order valence-electron chi connectivity index (χ4n) is 2.56. The van der Waals surface area contributed by atoms with E-state index >= 15 is 0 Å². The Hall–Kier alpha value is -3.28. The van der Waals surface area contributed by atoms with E-state index in [0.29, 0.717) is 12.3 Å². The average Bonchev–Trinajstić information content (AvgIpc) is 2.62. The fraction of sp³-hybridized carbons (Fsp3) is 0.0556. The number of nitrogens with one attached hydrogen (secondary N) is 1. The van der Waals surface area contributed by atoms with Crippen LogP contribution in [0.1, 0.15) is 15.9 Å². The maximum absolute atomic E-state index is 13.7. The second-order valence-corrected chi connectivity index (χ2v) is 5.29. The molecule has 5 nitrogen and oxygen atoms in total. The maximum atomic E-state index is 13.7. The van der Waals surface area contributed by atoms with Crippen LogP contribution >= 0.6 is 0 Å². The van der Waals surface area contributed by atoms with Crippen LogP contribution in [-0.2, 0) is 6.61 Å². The SMILES string of the molecule is O=C(Nc1ncc2c(n1)-c1ccccc1OC2)c1ccccc1F. The Morgan fingerprint density at radius 2 is 1.92 bits per heavy atom. The zero-order valence-electron chi connectivity index (χ0n) is 12.5. The quantitative estimate of drug-likeness (QED) is 0.785. The van der Waals surface area contributed by atoms with Gasteiger partial charge in [0.1, 0.15) is 18.2 Å². The summed E-state index contributed by atoms with van der Waals surface area (Å²) in [6.07, 6.45) is 1.61. The highest BCUT2D eigenvalue weighted by molar-refractivity contribution is 6.03. The second-order valence-electron chi connectivity index (χ2n) is 5.29. The Balaban J connectivity index is 1.67. The molecule has 6 heteroatoms. The number of hydrogen-bond donors (Lipinski definition) is 1. The third-order valence-electron chi connectivity index (χ3n) is 3.73. The van der Waals surface area contributed by atoms with Gasteiger partial charge in [0.25, 0.3) is 5.91 Å². The molecule has 0 saturated carbocycles. The van der Waals surface area contributed by atoms with Crippen LogP contribution in [0.5, 0.6) is 5.75 Å². The number of carbonyl (C=O) groups excluding carboxylic acids is 1. The van der Waals surface area contributed by atoms with E-state index in [-0.39, 0.29) is 11.5 Å². The minimum atomic E-state index is -0.591. The number of halogens is 1. The van der Waals surface area contributed by atoms with E-state index in [4.69, 9.17) is 4.74 Å². The Labute approximate surface area is 137 Å². The summed E-state index contributed by atoms with van der Waals surface area (Å²) in [5, 5.41) is 2.54. The lowest BCUT2D eigenvalue weighted by Crippen LogP contribution is -2.17. The number of anilines is 1. The summed E-state index contributed by atoms with van der Waals surface area (Å²) in [7, 11) is 0. The number of hydrogen-bond acceptors (Lipinski definition) is 4. The molecule has 0 aliphatic carbocycles. The number of carbonyl (C=O) groups is 1. The Morgan fingerprint density at radius 1 is 1.12 bits per heavy atom. The van der Waals surface area contributed by atoms with E-state index in [9.17, 15) is 9.18 Å². The van der Waals surface area contributed by atoms with E-state index in [2.05, 4.69) is 15.3 Å². The lowest BCUT2D eigenvalue weighted by atomic mass is 10.0. The van der Waals surface area contributed by atoms with Gasteiger partial charge in [0.2, 0.25) is 5.95 Å². The first-order valence-electron chi connectivity index (χ1n) is 7.36. The molecule has 0 saturated heterocycles. The predicted octanol–water partition coefficient (Wildman–Crippen LogP) is 3.43. The van der Waals surface area contributed by atoms with Crippen molar-refractivity contribution >= 4 is 11.9 Å². The molecule has 1 amide bonds. The molecular weight excluding hydrogens is 309 g/mol. The zero-order valence-corrected chi connectivity index (χ0v) is 12.5. The van der Waals surface area contributed by atoms with Crippen LogP contribution in [0.2, 0.25) is 0 Å². The van der Waals surface area contributed by atoms with Crippen molar-refractivity contribution in [3.05, 3.63) is 71.7 Å². The standard InChI is InChI=1S/C18H12FN3O2/c19-14-7-3-1-5-12(14)17(23)22-18-20-9-11-10-24-15-8-4-2-6-13(15)16(11)21-18/h1-9H,10H2,(H,20,21,22,23). The molecule has 0 radical (unpaired) electrons. The monoisotopic (exact) mass is 321 g/mol. The van der Waals surface area contributed by atoms with Crippen LogP contribution in [0.25, 0.3) is 11.3 Å². The highest BCUT2D eigenvalue weighted by Crippen LogP contribution is 2.35. The van der Waals surface area contributed by atoms with Crippen molar-refractivity contribution < 1.29 is 13.9 Å². The summed E-state index contributed by atoms with van der Waals surface area (Å²) >= 11 is 0. The van der Waals surface area contributed by atoms with E-state index in [1.165, 1.54) is 18.2 Å². The van der Waals surface area contributed by atoms with Gasteiger partial charge < -0.3 is 4.74 Å². The molecule has 0 atom stereocenters. The topological polar surface area (TPSA) is 64.1 Å². The van der Waals surface area contributed by atoms with Gasteiger partial charge in [0.05, 0.1) is 11.3 Å². The molecule has 24 heavy (non-hydrogen) atoms. The first kappa shape index (κ1) is 14.3. The van der Waals surface area contributed by atoms with E-state index < -0.39 is 11.7 Å². The molecule has 1 aliphatic rings. The predicted molar refractivity (Wildman–Crippen MR) is 86.2 cm³/mol. The van der Waals surface area contributed by atoms with Gasteiger partial charge in [-0.05, 0) is 24.3 Å². The number of benzene rings is 2. The van der Waals surface area contributed by atoms with Gasteiger partial charge in [-0.3, -0.25) is 10.1 Å². The van der Waals surface area contributed by atoms with Crippen LogP contribution < -0.4 is 10.1 Å². The second kappa shape index (κ2) is 5.73. The molecule has 1 aromatic heterocycles. The number of para-hydroxylation sites is 1. The van der Waals surface area contributed by atoms with Crippen LogP contribution in [0.3, 0.4) is 0 Å². The molecule has 3 aromatic rings. The molecule has 1 N–H and O–H groups in total. The average molecular weight is 321 g/mol. The highest BCUT2D eigenvalue weighted by atomic mass is 19.1.